The molecule has 0 radical (unpaired) electrons. The van der Waals surface area contributed by atoms with E-state index in [1.54, 1.807) is 0 Å². The van der Waals surface area contributed by atoms with Crippen molar-refractivity contribution in [3.05, 3.63) is 23.8 Å². The van der Waals surface area contributed by atoms with Crippen LogP contribution in [0.15, 0.2) is 18.2 Å². The van der Waals surface area contributed by atoms with Gasteiger partial charge in [0.15, 0.2) is 0 Å². The second kappa shape index (κ2) is 6.20. The standard InChI is InChI=1S/C17H25N5O/c1-20(2)11-13-6-5-9-22(13)16(23)12-7-8-14-15(10-12)19-17(18-14)21(3)4/h7-8,10,13H,5-6,9,11H2,1-4H3,(H,18,19)/t13-/m0/s1. The van der Waals surface area contributed by atoms with E-state index in [0.29, 0.717) is 6.04 Å². The molecule has 0 saturated carbocycles. The number of carbonyl (C=O) groups is 1. The minimum atomic E-state index is 0.122. The fourth-order valence-corrected chi connectivity index (χ4v) is 3.22. The van der Waals surface area contributed by atoms with Crippen LogP contribution in [-0.4, -0.2) is 73.0 Å². The lowest BCUT2D eigenvalue weighted by Gasteiger charge is -2.27. The van der Waals surface area contributed by atoms with Crippen molar-refractivity contribution in [1.29, 1.82) is 0 Å². The first-order valence-electron chi connectivity index (χ1n) is 8.08. The predicted octanol–water partition coefficient (Wildman–Crippen LogP) is 1.80. The van der Waals surface area contributed by atoms with Gasteiger partial charge in [-0.2, -0.15) is 0 Å². The molecule has 0 unspecified atom stereocenters. The van der Waals surface area contributed by atoms with Crippen LogP contribution in [0.1, 0.15) is 23.2 Å². The summed E-state index contributed by atoms with van der Waals surface area (Å²) in [5.74, 6) is 0.925. The lowest BCUT2D eigenvalue weighted by atomic mass is 10.1. The molecule has 1 amide bonds. The van der Waals surface area contributed by atoms with E-state index in [1.807, 2.05) is 42.1 Å². The van der Waals surface area contributed by atoms with Crippen molar-refractivity contribution in [2.75, 3.05) is 46.2 Å². The summed E-state index contributed by atoms with van der Waals surface area (Å²) in [6.07, 6.45) is 2.17. The van der Waals surface area contributed by atoms with E-state index in [4.69, 9.17) is 0 Å². The minimum absolute atomic E-state index is 0.122. The third-order valence-corrected chi connectivity index (χ3v) is 4.35. The van der Waals surface area contributed by atoms with E-state index >= 15 is 0 Å². The highest BCUT2D eigenvalue weighted by Crippen LogP contribution is 2.23. The number of fused-ring (bicyclic) bond motifs is 1. The number of aromatic nitrogens is 2. The van der Waals surface area contributed by atoms with E-state index in [0.717, 1.165) is 48.5 Å². The number of hydrogen-bond donors (Lipinski definition) is 1. The molecular formula is C17H25N5O. The molecular weight excluding hydrogens is 290 g/mol. The Balaban J connectivity index is 1.85. The van der Waals surface area contributed by atoms with Crippen LogP contribution >= 0.6 is 0 Å². The maximum atomic E-state index is 12.9. The quantitative estimate of drug-likeness (QED) is 0.935. The summed E-state index contributed by atoms with van der Waals surface area (Å²) in [4.78, 5) is 26.7. The lowest BCUT2D eigenvalue weighted by molar-refractivity contribution is 0.0716. The molecule has 1 atom stereocenters. The van der Waals surface area contributed by atoms with Crippen LogP contribution < -0.4 is 4.90 Å². The molecule has 0 aliphatic carbocycles. The van der Waals surface area contributed by atoms with Crippen molar-refractivity contribution in [2.24, 2.45) is 0 Å². The molecule has 2 aromatic rings. The predicted molar refractivity (Wildman–Crippen MR) is 93.0 cm³/mol. The van der Waals surface area contributed by atoms with E-state index in [2.05, 4.69) is 29.0 Å². The SMILES string of the molecule is CN(C)C[C@@H]1CCCN1C(=O)c1ccc2nc(N(C)C)[nH]c2c1. The number of likely N-dealkylation sites (N-methyl/N-ethyl adjacent to an activating group) is 1. The summed E-state index contributed by atoms with van der Waals surface area (Å²) < 4.78 is 0. The van der Waals surface area contributed by atoms with E-state index < -0.39 is 0 Å². The molecule has 6 nitrogen and oxygen atoms in total. The average Bonchev–Trinajstić information content (AvgIpc) is 3.11. The Morgan fingerprint density at radius 1 is 1.35 bits per heavy atom. The maximum Gasteiger partial charge on any atom is 0.254 e. The molecule has 1 aliphatic heterocycles. The van der Waals surface area contributed by atoms with Gasteiger partial charge >= 0.3 is 0 Å². The fraction of sp³-hybridized carbons (Fsp3) is 0.529. The smallest absolute Gasteiger partial charge is 0.254 e. The summed E-state index contributed by atoms with van der Waals surface area (Å²) in [6, 6.07) is 6.04. The molecule has 2 heterocycles. The Kier molecular flexibility index (Phi) is 4.26. The van der Waals surface area contributed by atoms with Crippen molar-refractivity contribution in [3.8, 4) is 0 Å². The molecule has 1 aliphatic rings. The molecule has 6 heteroatoms. The van der Waals surface area contributed by atoms with Gasteiger partial charge in [0, 0.05) is 38.8 Å². The van der Waals surface area contributed by atoms with Crippen LogP contribution in [0.5, 0.6) is 0 Å². The first-order valence-corrected chi connectivity index (χ1v) is 8.08. The van der Waals surface area contributed by atoms with Crippen molar-refractivity contribution in [2.45, 2.75) is 18.9 Å². The average molecular weight is 315 g/mol. The van der Waals surface area contributed by atoms with Crippen molar-refractivity contribution >= 4 is 22.9 Å². The Morgan fingerprint density at radius 2 is 2.13 bits per heavy atom. The third-order valence-electron chi connectivity index (χ3n) is 4.35. The highest BCUT2D eigenvalue weighted by molar-refractivity contribution is 5.98. The second-order valence-corrected chi connectivity index (χ2v) is 6.74. The molecule has 1 N–H and O–H groups in total. The van der Waals surface area contributed by atoms with Gasteiger partial charge in [-0.05, 0) is 45.1 Å². The van der Waals surface area contributed by atoms with Crippen molar-refractivity contribution < 1.29 is 4.79 Å². The summed E-state index contributed by atoms with van der Waals surface area (Å²) in [5, 5.41) is 0. The Bertz CT molecular complexity index is 706. The number of amides is 1. The van der Waals surface area contributed by atoms with Gasteiger partial charge in [-0.15, -0.1) is 0 Å². The molecule has 23 heavy (non-hydrogen) atoms. The van der Waals surface area contributed by atoms with Crippen LogP contribution in [0.2, 0.25) is 0 Å². The molecule has 1 saturated heterocycles. The normalized spacial score (nSPS) is 18.1. The van der Waals surface area contributed by atoms with Gasteiger partial charge in [-0.3, -0.25) is 4.79 Å². The minimum Gasteiger partial charge on any atom is -0.349 e. The van der Waals surface area contributed by atoms with Gasteiger partial charge in [-0.1, -0.05) is 0 Å². The summed E-state index contributed by atoms with van der Waals surface area (Å²) in [5.41, 5.74) is 2.52. The van der Waals surface area contributed by atoms with E-state index in [9.17, 15) is 4.79 Å². The highest BCUT2D eigenvalue weighted by atomic mass is 16.2. The molecule has 1 aromatic heterocycles. The highest BCUT2D eigenvalue weighted by Gasteiger charge is 2.29. The van der Waals surface area contributed by atoms with Gasteiger partial charge in [0.25, 0.3) is 5.91 Å². The Morgan fingerprint density at radius 3 is 2.83 bits per heavy atom. The van der Waals surface area contributed by atoms with Crippen molar-refractivity contribution in [1.82, 2.24) is 19.8 Å². The number of likely N-dealkylation sites (tertiary alicyclic amines) is 1. The van der Waals surface area contributed by atoms with Crippen molar-refractivity contribution in [3.63, 3.8) is 0 Å². The zero-order valence-corrected chi connectivity index (χ0v) is 14.3. The largest absolute Gasteiger partial charge is 0.349 e. The van der Waals surface area contributed by atoms with Gasteiger partial charge < -0.3 is 19.7 Å². The zero-order valence-electron chi connectivity index (χ0n) is 14.3. The Hall–Kier alpha value is -2.08. The number of aromatic amines is 1. The number of nitrogens with one attached hydrogen (secondary N) is 1. The third kappa shape index (κ3) is 3.17. The second-order valence-electron chi connectivity index (χ2n) is 6.74. The molecule has 3 rings (SSSR count). The first-order chi connectivity index (χ1) is 11.0. The fourth-order valence-electron chi connectivity index (χ4n) is 3.22. The molecule has 1 fully saturated rings. The molecule has 0 bridgehead atoms. The van der Waals surface area contributed by atoms with Crippen LogP contribution in [0, 0.1) is 0 Å². The van der Waals surface area contributed by atoms with Gasteiger partial charge in [-0.25, -0.2) is 4.98 Å². The first kappa shape index (κ1) is 15.8. The van der Waals surface area contributed by atoms with Crippen LogP contribution in [0.25, 0.3) is 11.0 Å². The van der Waals surface area contributed by atoms with E-state index in [-0.39, 0.29) is 5.91 Å². The monoisotopic (exact) mass is 315 g/mol. The number of imidazole rings is 1. The van der Waals surface area contributed by atoms with Gasteiger partial charge in [0.05, 0.1) is 11.0 Å². The number of rotatable bonds is 4. The molecule has 1 aromatic carbocycles. The van der Waals surface area contributed by atoms with Crippen LogP contribution in [-0.2, 0) is 0 Å². The van der Waals surface area contributed by atoms with Gasteiger partial charge in [0.1, 0.15) is 0 Å². The number of carbonyl (C=O) groups excluding carboxylic acids is 1. The van der Waals surface area contributed by atoms with Crippen LogP contribution in [0.3, 0.4) is 0 Å². The van der Waals surface area contributed by atoms with Gasteiger partial charge in [0.2, 0.25) is 5.95 Å². The number of anilines is 1. The lowest BCUT2D eigenvalue weighted by Crippen LogP contribution is -2.41. The zero-order chi connectivity index (χ0) is 16.6. The maximum absolute atomic E-state index is 12.9. The Labute approximate surface area is 137 Å². The summed E-state index contributed by atoms with van der Waals surface area (Å²) in [6.45, 7) is 1.77. The number of H-pyrrole nitrogens is 1. The molecule has 0 spiro atoms. The number of nitrogens with zero attached hydrogens (tertiary/aromatic N) is 4. The topological polar surface area (TPSA) is 55.5 Å². The van der Waals surface area contributed by atoms with E-state index in [1.165, 1.54) is 0 Å². The van der Waals surface area contributed by atoms with Crippen LogP contribution in [0.4, 0.5) is 5.95 Å². The number of benzene rings is 1. The number of hydrogen-bond acceptors (Lipinski definition) is 4. The summed E-state index contributed by atoms with van der Waals surface area (Å²) in [7, 11) is 8.00. The molecule has 124 valence electrons. The summed E-state index contributed by atoms with van der Waals surface area (Å²) >= 11 is 0.